The van der Waals surface area contributed by atoms with Gasteiger partial charge in [-0.15, -0.1) is 0 Å². The SMILES string of the molecule is NC(CNC1CCC1)C1CCNC1. The smallest absolute Gasteiger partial charge is 0.0206 e. The molecule has 1 aliphatic carbocycles. The largest absolute Gasteiger partial charge is 0.326 e. The lowest BCUT2D eigenvalue weighted by molar-refractivity contribution is 0.313. The van der Waals surface area contributed by atoms with Crippen molar-refractivity contribution < 1.29 is 0 Å². The van der Waals surface area contributed by atoms with E-state index < -0.39 is 0 Å². The fraction of sp³-hybridized carbons (Fsp3) is 1.00. The third kappa shape index (κ3) is 2.42. The first kappa shape index (κ1) is 9.44. The second-order valence-corrected chi connectivity index (χ2v) is 4.45. The van der Waals surface area contributed by atoms with Crippen molar-refractivity contribution in [3.8, 4) is 0 Å². The van der Waals surface area contributed by atoms with Crippen molar-refractivity contribution in [1.82, 2.24) is 10.6 Å². The predicted octanol–water partition coefficient (Wildman–Crippen LogP) is 0.0653. The molecule has 13 heavy (non-hydrogen) atoms. The quantitative estimate of drug-likeness (QED) is 0.578. The highest BCUT2D eigenvalue weighted by Gasteiger charge is 2.23. The van der Waals surface area contributed by atoms with E-state index in [4.69, 9.17) is 5.73 Å². The van der Waals surface area contributed by atoms with E-state index >= 15 is 0 Å². The van der Waals surface area contributed by atoms with E-state index in [1.165, 1.54) is 25.7 Å². The maximum absolute atomic E-state index is 6.10. The normalized spacial score (nSPS) is 31.6. The molecule has 1 saturated carbocycles. The molecule has 2 unspecified atom stereocenters. The second-order valence-electron chi connectivity index (χ2n) is 4.45. The van der Waals surface area contributed by atoms with Crippen LogP contribution >= 0.6 is 0 Å². The van der Waals surface area contributed by atoms with Gasteiger partial charge in [-0.2, -0.15) is 0 Å². The zero-order valence-corrected chi connectivity index (χ0v) is 8.26. The minimum absolute atomic E-state index is 0.357. The van der Waals surface area contributed by atoms with Crippen LogP contribution in [0, 0.1) is 5.92 Å². The number of rotatable bonds is 4. The average molecular weight is 183 g/mol. The summed E-state index contributed by atoms with van der Waals surface area (Å²) in [7, 11) is 0. The lowest BCUT2D eigenvalue weighted by Gasteiger charge is -2.29. The Morgan fingerprint density at radius 2 is 2.23 bits per heavy atom. The molecular formula is C10H21N3. The van der Waals surface area contributed by atoms with E-state index in [-0.39, 0.29) is 0 Å². The predicted molar refractivity (Wildman–Crippen MR) is 54.6 cm³/mol. The third-order valence-corrected chi connectivity index (χ3v) is 3.45. The third-order valence-electron chi connectivity index (χ3n) is 3.45. The lowest BCUT2D eigenvalue weighted by atomic mass is 9.92. The molecule has 2 fully saturated rings. The summed E-state index contributed by atoms with van der Waals surface area (Å²) in [6.45, 7) is 3.28. The van der Waals surface area contributed by atoms with Gasteiger partial charge in [0.05, 0.1) is 0 Å². The number of nitrogens with two attached hydrogens (primary N) is 1. The van der Waals surface area contributed by atoms with Crippen LogP contribution in [0.1, 0.15) is 25.7 Å². The van der Waals surface area contributed by atoms with Crippen molar-refractivity contribution in [2.45, 2.75) is 37.8 Å². The van der Waals surface area contributed by atoms with Gasteiger partial charge in [0, 0.05) is 18.6 Å². The maximum Gasteiger partial charge on any atom is 0.0206 e. The molecule has 2 atom stereocenters. The monoisotopic (exact) mass is 183 g/mol. The van der Waals surface area contributed by atoms with Gasteiger partial charge < -0.3 is 16.4 Å². The van der Waals surface area contributed by atoms with Crippen LogP contribution in [0.15, 0.2) is 0 Å². The number of hydrogen-bond donors (Lipinski definition) is 3. The van der Waals surface area contributed by atoms with E-state index in [1.54, 1.807) is 0 Å². The highest BCUT2D eigenvalue weighted by atomic mass is 15.0. The highest BCUT2D eigenvalue weighted by molar-refractivity contribution is 4.84. The Morgan fingerprint density at radius 3 is 2.77 bits per heavy atom. The van der Waals surface area contributed by atoms with Crippen LogP contribution in [0.25, 0.3) is 0 Å². The Bertz CT molecular complexity index is 150. The Kier molecular flexibility index (Phi) is 3.19. The van der Waals surface area contributed by atoms with E-state index in [2.05, 4.69) is 10.6 Å². The van der Waals surface area contributed by atoms with Gasteiger partial charge >= 0.3 is 0 Å². The van der Waals surface area contributed by atoms with Crippen molar-refractivity contribution in [1.29, 1.82) is 0 Å². The van der Waals surface area contributed by atoms with Gasteiger partial charge in [-0.25, -0.2) is 0 Å². The first-order valence-electron chi connectivity index (χ1n) is 5.56. The summed E-state index contributed by atoms with van der Waals surface area (Å²) in [6, 6.07) is 1.14. The zero-order valence-electron chi connectivity index (χ0n) is 8.26. The molecule has 4 N–H and O–H groups in total. The van der Waals surface area contributed by atoms with Crippen LogP contribution in [-0.4, -0.2) is 31.7 Å². The molecule has 0 aromatic carbocycles. The second kappa shape index (κ2) is 4.40. The summed E-state index contributed by atoms with van der Waals surface area (Å²) in [5.41, 5.74) is 6.10. The summed E-state index contributed by atoms with van der Waals surface area (Å²) < 4.78 is 0. The van der Waals surface area contributed by atoms with Crippen molar-refractivity contribution in [2.75, 3.05) is 19.6 Å². The highest BCUT2D eigenvalue weighted by Crippen LogP contribution is 2.18. The topological polar surface area (TPSA) is 50.1 Å². The Hall–Kier alpha value is -0.120. The van der Waals surface area contributed by atoms with Gasteiger partial charge in [0.1, 0.15) is 0 Å². The van der Waals surface area contributed by atoms with Gasteiger partial charge in [-0.1, -0.05) is 6.42 Å². The minimum Gasteiger partial charge on any atom is -0.326 e. The molecule has 0 amide bonds. The molecule has 76 valence electrons. The molecule has 1 aliphatic heterocycles. The summed E-state index contributed by atoms with van der Waals surface area (Å²) in [5, 5.41) is 6.90. The van der Waals surface area contributed by atoms with Crippen LogP contribution in [0.5, 0.6) is 0 Å². The fourth-order valence-electron chi connectivity index (χ4n) is 2.12. The lowest BCUT2D eigenvalue weighted by Crippen LogP contribution is -2.46. The standard InChI is InChI=1S/C10H21N3/c11-10(8-4-5-12-6-8)7-13-9-2-1-3-9/h8-10,12-13H,1-7,11H2. The first-order chi connectivity index (χ1) is 6.36. The van der Waals surface area contributed by atoms with Crippen LogP contribution in [0.2, 0.25) is 0 Å². The van der Waals surface area contributed by atoms with Gasteiger partial charge in [-0.05, 0) is 38.3 Å². The maximum atomic E-state index is 6.10. The molecular weight excluding hydrogens is 162 g/mol. The molecule has 2 aliphatic rings. The van der Waals surface area contributed by atoms with E-state index in [1.807, 2.05) is 0 Å². The minimum atomic E-state index is 0.357. The van der Waals surface area contributed by atoms with Crippen molar-refractivity contribution in [2.24, 2.45) is 11.7 Å². The molecule has 1 heterocycles. The Balaban J connectivity index is 1.62. The molecule has 0 aromatic heterocycles. The van der Waals surface area contributed by atoms with Crippen molar-refractivity contribution >= 4 is 0 Å². The molecule has 0 aromatic rings. The van der Waals surface area contributed by atoms with Crippen LogP contribution < -0.4 is 16.4 Å². The van der Waals surface area contributed by atoms with Gasteiger partial charge in [-0.3, -0.25) is 0 Å². The van der Waals surface area contributed by atoms with Gasteiger partial charge in [0.2, 0.25) is 0 Å². The zero-order chi connectivity index (χ0) is 9.10. The van der Waals surface area contributed by atoms with Crippen LogP contribution in [0.3, 0.4) is 0 Å². The van der Waals surface area contributed by atoms with Crippen molar-refractivity contribution in [3.63, 3.8) is 0 Å². The average Bonchev–Trinajstić information content (AvgIpc) is 2.52. The summed E-state index contributed by atoms with van der Waals surface area (Å²) >= 11 is 0. The van der Waals surface area contributed by atoms with E-state index in [0.717, 1.165) is 25.7 Å². The summed E-state index contributed by atoms with van der Waals surface area (Å²) in [4.78, 5) is 0. The van der Waals surface area contributed by atoms with Crippen molar-refractivity contribution in [3.05, 3.63) is 0 Å². The number of nitrogens with one attached hydrogen (secondary N) is 2. The Morgan fingerprint density at radius 1 is 1.38 bits per heavy atom. The summed E-state index contributed by atoms with van der Waals surface area (Å²) in [5.74, 6) is 0.701. The molecule has 0 bridgehead atoms. The van der Waals surface area contributed by atoms with E-state index in [0.29, 0.717) is 12.0 Å². The van der Waals surface area contributed by atoms with Gasteiger partial charge in [0.25, 0.3) is 0 Å². The molecule has 0 spiro atoms. The molecule has 1 saturated heterocycles. The molecule has 2 rings (SSSR count). The Labute approximate surface area is 80.5 Å². The molecule has 3 nitrogen and oxygen atoms in total. The summed E-state index contributed by atoms with van der Waals surface area (Å²) in [6.07, 6.45) is 5.37. The van der Waals surface area contributed by atoms with E-state index in [9.17, 15) is 0 Å². The first-order valence-corrected chi connectivity index (χ1v) is 5.56. The fourth-order valence-corrected chi connectivity index (χ4v) is 2.12. The van der Waals surface area contributed by atoms with Crippen LogP contribution in [0.4, 0.5) is 0 Å². The molecule has 3 heteroatoms. The number of hydrogen-bond acceptors (Lipinski definition) is 3. The molecule has 0 radical (unpaired) electrons. The van der Waals surface area contributed by atoms with Gasteiger partial charge in [0.15, 0.2) is 0 Å². The van der Waals surface area contributed by atoms with Crippen LogP contribution in [-0.2, 0) is 0 Å².